The molecule has 0 saturated carbocycles. The topological polar surface area (TPSA) is 24.5 Å². The molecule has 0 aromatic heterocycles. The van der Waals surface area contributed by atoms with E-state index in [-0.39, 0.29) is 0 Å². The quantitative estimate of drug-likeness (QED) is 0.429. The zero-order chi connectivity index (χ0) is 8.60. The van der Waals surface area contributed by atoms with E-state index in [2.05, 4.69) is 39.7 Å². The number of ether oxygens (including phenoxy) is 1. The van der Waals surface area contributed by atoms with Crippen LogP contribution in [0, 0.1) is 0 Å². The third kappa shape index (κ3) is 1.62. The van der Waals surface area contributed by atoms with E-state index in [0.717, 1.165) is 26.3 Å². The molecule has 1 spiro atoms. The molecule has 70 valence electrons. The van der Waals surface area contributed by atoms with Crippen molar-refractivity contribution >= 4 is 22.6 Å². The highest BCUT2D eigenvalue weighted by Crippen LogP contribution is 2.23. The lowest BCUT2D eigenvalue weighted by Gasteiger charge is -2.49. The van der Waals surface area contributed by atoms with Crippen LogP contribution in [0.25, 0.3) is 0 Å². The molecule has 1 unspecified atom stereocenters. The first-order chi connectivity index (χ1) is 5.72. The van der Waals surface area contributed by atoms with Crippen LogP contribution < -0.4 is 5.32 Å². The second-order valence-electron chi connectivity index (χ2n) is 3.74. The molecule has 2 rings (SSSR count). The number of hydrogen-bond acceptors (Lipinski definition) is 3. The summed E-state index contributed by atoms with van der Waals surface area (Å²) in [7, 11) is 0. The van der Waals surface area contributed by atoms with Crippen LogP contribution >= 0.6 is 22.6 Å². The van der Waals surface area contributed by atoms with Gasteiger partial charge in [-0.05, 0) is 6.92 Å². The summed E-state index contributed by atoms with van der Waals surface area (Å²) in [6.45, 7) is 7.47. The number of nitrogens with one attached hydrogen (secondary N) is 1. The Morgan fingerprint density at radius 3 is 2.83 bits per heavy atom. The maximum absolute atomic E-state index is 5.25. The van der Waals surface area contributed by atoms with E-state index < -0.39 is 0 Å². The highest BCUT2D eigenvalue weighted by Gasteiger charge is 2.42. The lowest BCUT2D eigenvalue weighted by atomic mass is 9.94. The van der Waals surface area contributed by atoms with Gasteiger partial charge in [0.15, 0.2) is 0 Å². The van der Waals surface area contributed by atoms with E-state index in [1.54, 1.807) is 0 Å². The molecular formula is C8H15IN2O. The second kappa shape index (κ2) is 3.40. The minimum atomic E-state index is 0.303. The molecule has 2 aliphatic heterocycles. The largest absolute Gasteiger partial charge is 0.377 e. The Labute approximate surface area is 87.0 Å². The van der Waals surface area contributed by atoms with Gasteiger partial charge >= 0.3 is 0 Å². The smallest absolute Gasteiger partial charge is 0.0782 e. The molecular weight excluding hydrogens is 267 g/mol. The number of piperazine rings is 1. The molecule has 0 aromatic rings. The van der Waals surface area contributed by atoms with Gasteiger partial charge in [0.25, 0.3) is 0 Å². The van der Waals surface area contributed by atoms with Crippen LogP contribution in [0.2, 0.25) is 0 Å². The highest BCUT2D eigenvalue weighted by molar-refractivity contribution is 14.1. The predicted molar refractivity (Wildman–Crippen MR) is 56.6 cm³/mol. The van der Waals surface area contributed by atoms with Gasteiger partial charge in [0.1, 0.15) is 0 Å². The molecule has 3 nitrogen and oxygen atoms in total. The number of alkyl halides is 1. The van der Waals surface area contributed by atoms with E-state index in [1.165, 1.54) is 6.54 Å². The van der Waals surface area contributed by atoms with Gasteiger partial charge in [-0.15, -0.1) is 0 Å². The molecule has 0 aliphatic carbocycles. The van der Waals surface area contributed by atoms with E-state index in [9.17, 15) is 0 Å². The van der Waals surface area contributed by atoms with Crippen LogP contribution in [0.3, 0.4) is 0 Å². The summed E-state index contributed by atoms with van der Waals surface area (Å²) in [6, 6.07) is 0. The summed E-state index contributed by atoms with van der Waals surface area (Å²) < 4.78 is 5.89. The average Bonchev–Trinajstić information content (AvgIpc) is 2.02. The Morgan fingerprint density at radius 1 is 1.58 bits per heavy atom. The van der Waals surface area contributed by atoms with Crippen molar-refractivity contribution in [2.45, 2.75) is 16.5 Å². The predicted octanol–water partition coefficient (Wildman–Crippen LogP) is 0.442. The van der Waals surface area contributed by atoms with E-state index in [1.807, 2.05) is 0 Å². The van der Waals surface area contributed by atoms with Crippen LogP contribution in [0.4, 0.5) is 0 Å². The third-order valence-electron chi connectivity index (χ3n) is 2.66. The Morgan fingerprint density at radius 2 is 2.33 bits per heavy atom. The standard InChI is InChI=1S/C8H15IN2O/c1-7(9)11-3-2-10-8(4-11)5-12-6-8/h7,10H,2-6H2,1H3. The fraction of sp³-hybridized carbons (Fsp3) is 1.00. The Kier molecular flexibility index (Phi) is 2.60. The van der Waals surface area contributed by atoms with Crippen molar-refractivity contribution in [3.63, 3.8) is 0 Å². The molecule has 2 fully saturated rings. The molecule has 1 N–H and O–H groups in total. The monoisotopic (exact) mass is 282 g/mol. The molecule has 2 heterocycles. The maximum Gasteiger partial charge on any atom is 0.0782 e. The molecule has 2 saturated heterocycles. The highest BCUT2D eigenvalue weighted by atomic mass is 127. The second-order valence-corrected chi connectivity index (χ2v) is 5.55. The van der Waals surface area contributed by atoms with Crippen molar-refractivity contribution in [2.24, 2.45) is 0 Å². The molecule has 0 amide bonds. The first kappa shape index (κ1) is 9.18. The van der Waals surface area contributed by atoms with Crippen molar-refractivity contribution < 1.29 is 4.74 Å². The first-order valence-electron chi connectivity index (χ1n) is 4.43. The van der Waals surface area contributed by atoms with Crippen molar-refractivity contribution in [1.82, 2.24) is 10.2 Å². The number of rotatable bonds is 1. The van der Waals surface area contributed by atoms with Gasteiger partial charge in [-0.25, -0.2) is 0 Å². The van der Waals surface area contributed by atoms with Gasteiger partial charge < -0.3 is 10.1 Å². The molecule has 4 heteroatoms. The summed E-state index contributed by atoms with van der Waals surface area (Å²) in [5.41, 5.74) is 0.303. The van der Waals surface area contributed by atoms with Gasteiger partial charge in [0, 0.05) is 19.6 Å². The lowest BCUT2D eigenvalue weighted by Crippen LogP contribution is -2.70. The number of nitrogens with zero attached hydrogens (tertiary/aromatic N) is 1. The first-order valence-corrected chi connectivity index (χ1v) is 5.67. The van der Waals surface area contributed by atoms with Crippen LogP contribution in [0.15, 0.2) is 0 Å². The minimum Gasteiger partial charge on any atom is -0.377 e. The molecule has 2 aliphatic rings. The van der Waals surface area contributed by atoms with Crippen molar-refractivity contribution in [2.75, 3.05) is 32.8 Å². The summed E-state index contributed by atoms with van der Waals surface area (Å²) in [5.74, 6) is 0. The summed E-state index contributed by atoms with van der Waals surface area (Å²) in [4.78, 5) is 2.51. The van der Waals surface area contributed by atoms with Crippen LogP contribution in [0.1, 0.15) is 6.92 Å². The average molecular weight is 282 g/mol. The third-order valence-corrected chi connectivity index (χ3v) is 3.45. The Hall–Kier alpha value is 0.610. The van der Waals surface area contributed by atoms with E-state index in [0.29, 0.717) is 9.59 Å². The molecule has 0 aromatic carbocycles. The van der Waals surface area contributed by atoms with Gasteiger partial charge in [-0.1, -0.05) is 22.6 Å². The normalized spacial score (nSPS) is 31.5. The number of hydrogen-bond donors (Lipinski definition) is 1. The Balaban J connectivity index is 1.94. The fourth-order valence-electron chi connectivity index (χ4n) is 1.83. The number of halogens is 1. The summed E-state index contributed by atoms with van der Waals surface area (Å²) >= 11 is 2.48. The van der Waals surface area contributed by atoms with Gasteiger partial charge in [0.2, 0.25) is 0 Å². The van der Waals surface area contributed by atoms with Crippen LogP contribution in [-0.4, -0.2) is 47.3 Å². The molecule has 12 heavy (non-hydrogen) atoms. The summed E-state index contributed by atoms with van der Waals surface area (Å²) in [5, 5.41) is 3.55. The van der Waals surface area contributed by atoms with Gasteiger partial charge in [-0.2, -0.15) is 0 Å². The zero-order valence-electron chi connectivity index (χ0n) is 7.35. The van der Waals surface area contributed by atoms with E-state index >= 15 is 0 Å². The van der Waals surface area contributed by atoms with Crippen LogP contribution in [-0.2, 0) is 4.74 Å². The van der Waals surface area contributed by atoms with E-state index in [4.69, 9.17) is 4.74 Å². The molecule has 0 radical (unpaired) electrons. The van der Waals surface area contributed by atoms with Gasteiger partial charge in [0.05, 0.1) is 22.8 Å². The van der Waals surface area contributed by atoms with Crippen molar-refractivity contribution in [3.8, 4) is 0 Å². The maximum atomic E-state index is 5.25. The lowest BCUT2D eigenvalue weighted by molar-refractivity contribution is -0.100. The fourth-order valence-corrected chi connectivity index (χ4v) is 2.31. The summed E-state index contributed by atoms with van der Waals surface area (Å²) in [6.07, 6.45) is 0. The van der Waals surface area contributed by atoms with Crippen molar-refractivity contribution in [1.29, 1.82) is 0 Å². The minimum absolute atomic E-state index is 0.303. The zero-order valence-corrected chi connectivity index (χ0v) is 9.50. The SMILES string of the molecule is CC(I)N1CCNC2(COC2)C1. The van der Waals surface area contributed by atoms with Crippen LogP contribution in [0.5, 0.6) is 0 Å². The van der Waals surface area contributed by atoms with Gasteiger partial charge in [-0.3, -0.25) is 4.90 Å². The molecule has 1 atom stereocenters. The molecule has 0 bridgehead atoms. The van der Waals surface area contributed by atoms with Crippen molar-refractivity contribution in [3.05, 3.63) is 0 Å². The Bertz CT molecular complexity index is 170.